The van der Waals surface area contributed by atoms with Crippen LogP contribution in [0.15, 0.2) is 47.0 Å². The third kappa shape index (κ3) is 4.63. The Balaban J connectivity index is 1.59. The number of amides is 1. The van der Waals surface area contributed by atoms with Crippen molar-refractivity contribution in [3.63, 3.8) is 0 Å². The van der Waals surface area contributed by atoms with Crippen molar-refractivity contribution in [2.24, 2.45) is 0 Å². The molecule has 0 aliphatic carbocycles. The van der Waals surface area contributed by atoms with Crippen molar-refractivity contribution in [2.75, 3.05) is 11.4 Å². The molecule has 3 aromatic rings. The summed E-state index contributed by atoms with van der Waals surface area (Å²) in [5.41, 5.74) is 3.87. The summed E-state index contributed by atoms with van der Waals surface area (Å²) in [5, 5.41) is 3.93. The third-order valence-corrected chi connectivity index (χ3v) is 4.62. The van der Waals surface area contributed by atoms with Crippen LogP contribution >= 0.6 is 0 Å². The predicted octanol–water partition coefficient (Wildman–Crippen LogP) is 4.87. The topological polar surface area (TPSA) is 59.2 Å². The number of rotatable bonds is 7. The minimum absolute atomic E-state index is 0.0782. The fourth-order valence-corrected chi connectivity index (χ4v) is 3.09. The van der Waals surface area contributed by atoms with E-state index in [4.69, 9.17) is 4.52 Å². The molecule has 0 fully saturated rings. The van der Waals surface area contributed by atoms with E-state index in [1.54, 1.807) is 12.1 Å². The van der Waals surface area contributed by atoms with Crippen LogP contribution in [0.2, 0.25) is 0 Å². The molecule has 0 spiro atoms. The molecule has 0 atom stereocenters. The van der Waals surface area contributed by atoms with E-state index in [0.717, 1.165) is 16.8 Å². The van der Waals surface area contributed by atoms with Gasteiger partial charge in [0, 0.05) is 30.6 Å². The molecule has 1 heterocycles. The van der Waals surface area contributed by atoms with Gasteiger partial charge in [-0.05, 0) is 68.7 Å². The number of nitrogens with zero attached hydrogens (tertiary/aromatic N) is 3. The maximum absolute atomic E-state index is 13.0. The molecule has 0 bridgehead atoms. The molecule has 0 aliphatic heterocycles. The Hall–Kier alpha value is -3.02. The third-order valence-electron chi connectivity index (χ3n) is 4.62. The van der Waals surface area contributed by atoms with Crippen LogP contribution in [0.25, 0.3) is 11.4 Å². The van der Waals surface area contributed by atoms with Crippen LogP contribution in [-0.2, 0) is 11.2 Å². The van der Waals surface area contributed by atoms with Gasteiger partial charge in [-0.25, -0.2) is 4.39 Å². The molecule has 0 aliphatic rings. The Bertz CT molecular complexity index is 951. The number of aryl methyl sites for hydroxylation is 3. The molecule has 0 radical (unpaired) electrons. The van der Waals surface area contributed by atoms with Crippen molar-refractivity contribution in [2.45, 2.75) is 40.0 Å². The highest BCUT2D eigenvalue weighted by atomic mass is 19.1. The lowest BCUT2D eigenvalue weighted by Crippen LogP contribution is -2.31. The first-order chi connectivity index (χ1) is 13.5. The van der Waals surface area contributed by atoms with Gasteiger partial charge in [-0.2, -0.15) is 4.98 Å². The van der Waals surface area contributed by atoms with Gasteiger partial charge in [0.15, 0.2) is 0 Å². The fourth-order valence-electron chi connectivity index (χ4n) is 3.09. The fraction of sp³-hybridized carbons (Fsp3) is 0.318. The summed E-state index contributed by atoms with van der Waals surface area (Å²) in [4.78, 5) is 18.9. The first-order valence-corrected chi connectivity index (χ1v) is 9.44. The summed E-state index contributed by atoms with van der Waals surface area (Å²) in [5.74, 6) is 0.665. The largest absolute Gasteiger partial charge is 0.339 e. The maximum atomic E-state index is 13.0. The van der Waals surface area contributed by atoms with Crippen LogP contribution in [0.5, 0.6) is 0 Å². The van der Waals surface area contributed by atoms with Crippen molar-refractivity contribution in [1.29, 1.82) is 0 Å². The second kappa shape index (κ2) is 8.78. The van der Waals surface area contributed by atoms with E-state index < -0.39 is 0 Å². The number of anilines is 1. The zero-order valence-corrected chi connectivity index (χ0v) is 16.4. The smallest absolute Gasteiger partial charge is 0.226 e. The van der Waals surface area contributed by atoms with Crippen molar-refractivity contribution in [3.05, 3.63) is 65.3 Å². The summed E-state index contributed by atoms with van der Waals surface area (Å²) in [6.45, 7) is 6.64. The molecule has 2 aromatic carbocycles. The Morgan fingerprint density at radius 2 is 1.89 bits per heavy atom. The molecular weight excluding hydrogens is 357 g/mol. The number of carbonyl (C=O) groups is 1. The lowest BCUT2D eigenvalue weighted by Gasteiger charge is -2.23. The van der Waals surface area contributed by atoms with Crippen molar-refractivity contribution in [1.82, 2.24) is 10.1 Å². The van der Waals surface area contributed by atoms with Gasteiger partial charge < -0.3 is 9.42 Å². The molecule has 0 N–H and O–H groups in total. The normalized spacial score (nSPS) is 10.9. The Kier molecular flexibility index (Phi) is 6.19. The molecule has 1 aromatic heterocycles. The maximum Gasteiger partial charge on any atom is 0.226 e. The van der Waals surface area contributed by atoms with E-state index in [1.165, 1.54) is 12.1 Å². The van der Waals surface area contributed by atoms with E-state index >= 15 is 0 Å². The van der Waals surface area contributed by atoms with E-state index in [-0.39, 0.29) is 11.7 Å². The predicted molar refractivity (Wildman–Crippen MR) is 107 cm³/mol. The molecule has 28 heavy (non-hydrogen) atoms. The number of hydrogen-bond donors (Lipinski definition) is 0. The highest BCUT2D eigenvalue weighted by Crippen LogP contribution is 2.23. The van der Waals surface area contributed by atoms with E-state index in [9.17, 15) is 9.18 Å². The van der Waals surface area contributed by atoms with Crippen LogP contribution in [0, 0.1) is 19.7 Å². The molecule has 3 rings (SSSR count). The SMILES string of the molecule is CCN(C(=O)CCCc1nc(-c2ccc(F)cc2)no1)c1cc(C)ccc1C. The summed E-state index contributed by atoms with van der Waals surface area (Å²) in [7, 11) is 0. The average molecular weight is 381 g/mol. The number of benzene rings is 2. The van der Waals surface area contributed by atoms with Gasteiger partial charge in [-0.1, -0.05) is 17.3 Å². The van der Waals surface area contributed by atoms with Gasteiger partial charge in [-0.3, -0.25) is 4.79 Å². The van der Waals surface area contributed by atoms with Gasteiger partial charge in [0.05, 0.1) is 0 Å². The summed E-state index contributed by atoms with van der Waals surface area (Å²) in [6, 6.07) is 12.1. The minimum atomic E-state index is -0.310. The molecule has 5 nitrogen and oxygen atoms in total. The Morgan fingerprint density at radius 3 is 2.61 bits per heavy atom. The minimum Gasteiger partial charge on any atom is -0.339 e. The van der Waals surface area contributed by atoms with E-state index in [0.29, 0.717) is 43.1 Å². The highest BCUT2D eigenvalue weighted by Gasteiger charge is 2.16. The first-order valence-electron chi connectivity index (χ1n) is 9.44. The van der Waals surface area contributed by atoms with Gasteiger partial charge >= 0.3 is 0 Å². The molecule has 0 saturated carbocycles. The first kappa shape index (κ1) is 19.7. The lowest BCUT2D eigenvalue weighted by atomic mass is 10.1. The Morgan fingerprint density at radius 1 is 1.14 bits per heavy atom. The number of carbonyl (C=O) groups excluding carboxylic acids is 1. The average Bonchev–Trinajstić information content (AvgIpc) is 3.14. The number of aromatic nitrogens is 2. The molecule has 0 unspecified atom stereocenters. The monoisotopic (exact) mass is 381 g/mol. The van der Waals surface area contributed by atoms with Crippen molar-refractivity contribution < 1.29 is 13.7 Å². The van der Waals surface area contributed by atoms with Crippen LogP contribution < -0.4 is 4.90 Å². The molecule has 146 valence electrons. The van der Waals surface area contributed by atoms with E-state index in [2.05, 4.69) is 10.1 Å². The van der Waals surface area contributed by atoms with Gasteiger partial charge in [-0.15, -0.1) is 0 Å². The summed E-state index contributed by atoms with van der Waals surface area (Å²) < 4.78 is 18.3. The standard InChI is InChI=1S/C22H24FN3O2/c1-4-26(19-14-15(2)8-9-16(19)3)21(27)7-5-6-20-24-22(25-28-20)17-10-12-18(23)13-11-17/h8-14H,4-7H2,1-3H3. The van der Waals surface area contributed by atoms with Gasteiger partial charge in [0.1, 0.15) is 5.82 Å². The van der Waals surface area contributed by atoms with Crippen LogP contribution in [0.3, 0.4) is 0 Å². The summed E-state index contributed by atoms with van der Waals surface area (Å²) in [6.07, 6.45) is 1.53. The number of halogens is 1. The molecular formula is C22H24FN3O2. The zero-order chi connectivity index (χ0) is 20.1. The Labute approximate surface area is 164 Å². The lowest BCUT2D eigenvalue weighted by molar-refractivity contribution is -0.118. The van der Waals surface area contributed by atoms with Crippen LogP contribution in [0.4, 0.5) is 10.1 Å². The van der Waals surface area contributed by atoms with Crippen LogP contribution in [0.1, 0.15) is 36.8 Å². The van der Waals surface area contributed by atoms with Gasteiger partial charge in [0.25, 0.3) is 0 Å². The highest BCUT2D eigenvalue weighted by molar-refractivity contribution is 5.94. The molecule has 1 amide bonds. The quantitative estimate of drug-likeness (QED) is 0.586. The second-order valence-corrected chi connectivity index (χ2v) is 6.80. The van der Waals surface area contributed by atoms with Gasteiger partial charge in [0.2, 0.25) is 17.6 Å². The summed E-state index contributed by atoms with van der Waals surface area (Å²) >= 11 is 0. The van der Waals surface area contributed by atoms with E-state index in [1.807, 2.05) is 43.9 Å². The number of hydrogen-bond acceptors (Lipinski definition) is 4. The second-order valence-electron chi connectivity index (χ2n) is 6.80. The van der Waals surface area contributed by atoms with Crippen molar-refractivity contribution in [3.8, 4) is 11.4 Å². The molecule has 6 heteroatoms. The van der Waals surface area contributed by atoms with Crippen LogP contribution in [-0.4, -0.2) is 22.6 Å². The zero-order valence-electron chi connectivity index (χ0n) is 16.4. The molecule has 0 saturated heterocycles. The van der Waals surface area contributed by atoms with Crippen molar-refractivity contribution >= 4 is 11.6 Å².